The van der Waals surface area contributed by atoms with Gasteiger partial charge in [0.1, 0.15) is 5.52 Å². The molecule has 0 saturated carbocycles. The van der Waals surface area contributed by atoms with Gasteiger partial charge in [-0.15, -0.1) is 0 Å². The SMILES string of the molecule is CC(COC(C)(C)CCC(=O)P)SCCO. The standard InChI is InChI=1S/C11H23O3PS/c1-9(16-7-6-12)8-14-11(2,3)5-4-10(13)15/h9,12H,4-8,15H2,1-3H3. The van der Waals surface area contributed by atoms with Crippen molar-refractivity contribution in [2.75, 3.05) is 19.0 Å². The fourth-order valence-corrected chi connectivity index (χ4v) is 1.96. The molecule has 0 aliphatic carbocycles. The largest absolute Gasteiger partial charge is 0.396 e. The highest BCUT2D eigenvalue weighted by molar-refractivity contribution is 7.99. The summed E-state index contributed by atoms with van der Waals surface area (Å²) in [5.74, 6) is 0.745. The third-order valence-electron chi connectivity index (χ3n) is 2.18. The first-order valence-electron chi connectivity index (χ1n) is 5.52. The lowest BCUT2D eigenvalue weighted by Gasteiger charge is -2.26. The molecule has 2 atom stereocenters. The van der Waals surface area contributed by atoms with Crippen molar-refractivity contribution in [3.8, 4) is 0 Å². The Bertz CT molecular complexity index is 209. The molecule has 16 heavy (non-hydrogen) atoms. The molecule has 0 rings (SSSR count). The Morgan fingerprint density at radius 1 is 1.56 bits per heavy atom. The highest BCUT2D eigenvalue weighted by Crippen LogP contribution is 2.20. The van der Waals surface area contributed by atoms with Gasteiger partial charge in [-0.05, 0) is 20.3 Å². The molecule has 2 unspecified atom stereocenters. The maximum Gasteiger partial charge on any atom is 0.148 e. The fourth-order valence-electron chi connectivity index (χ4n) is 1.14. The summed E-state index contributed by atoms with van der Waals surface area (Å²) in [6.07, 6.45) is 1.28. The quantitative estimate of drug-likeness (QED) is 0.649. The van der Waals surface area contributed by atoms with Gasteiger partial charge in [-0.3, -0.25) is 4.79 Å². The van der Waals surface area contributed by atoms with Crippen molar-refractivity contribution in [3.63, 3.8) is 0 Å². The van der Waals surface area contributed by atoms with Gasteiger partial charge in [-0.25, -0.2) is 0 Å². The van der Waals surface area contributed by atoms with E-state index >= 15 is 0 Å². The normalized spacial score (nSPS) is 13.8. The topological polar surface area (TPSA) is 46.5 Å². The van der Waals surface area contributed by atoms with E-state index in [4.69, 9.17) is 9.84 Å². The second-order valence-electron chi connectivity index (χ2n) is 4.44. The summed E-state index contributed by atoms with van der Waals surface area (Å²) in [6, 6.07) is 0. The van der Waals surface area contributed by atoms with Crippen molar-refractivity contribution < 1.29 is 14.6 Å². The predicted octanol–water partition coefficient (Wildman–Crippen LogP) is 2.08. The van der Waals surface area contributed by atoms with Crippen LogP contribution in [0.25, 0.3) is 0 Å². The third kappa shape index (κ3) is 9.59. The van der Waals surface area contributed by atoms with E-state index < -0.39 is 0 Å². The monoisotopic (exact) mass is 266 g/mol. The molecule has 0 radical (unpaired) electrons. The molecule has 0 saturated heterocycles. The lowest BCUT2D eigenvalue weighted by Crippen LogP contribution is -2.28. The van der Waals surface area contributed by atoms with E-state index in [-0.39, 0.29) is 17.7 Å². The van der Waals surface area contributed by atoms with Crippen LogP contribution < -0.4 is 0 Å². The second kappa shape index (κ2) is 8.46. The molecular weight excluding hydrogens is 243 g/mol. The van der Waals surface area contributed by atoms with Crippen LogP contribution in [0, 0.1) is 0 Å². The average Bonchev–Trinajstić information content (AvgIpc) is 2.21. The van der Waals surface area contributed by atoms with Crippen LogP contribution >= 0.6 is 21.0 Å². The van der Waals surface area contributed by atoms with Crippen LogP contribution in [0.4, 0.5) is 0 Å². The Balaban J connectivity index is 3.75. The van der Waals surface area contributed by atoms with Crippen LogP contribution in [0.1, 0.15) is 33.6 Å². The van der Waals surface area contributed by atoms with Gasteiger partial charge in [0, 0.05) is 17.4 Å². The van der Waals surface area contributed by atoms with Crippen molar-refractivity contribution in [2.24, 2.45) is 0 Å². The smallest absolute Gasteiger partial charge is 0.148 e. The lowest BCUT2D eigenvalue weighted by molar-refractivity contribution is -0.112. The van der Waals surface area contributed by atoms with E-state index in [1.54, 1.807) is 11.8 Å². The van der Waals surface area contributed by atoms with Crippen molar-refractivity contribution in [1.29, 1.82) is 0 Å². The van der Waals surface area contributed by atoms with E-state index in [1.165, 1.54) is 0 Å². The van der Waals surface area contributed by atoms with Crippen LogP contribution in [0.2, 0.25) is 0 Å². The number of aliphatic hydroxyl groups is 1. The van der Waals surface area contributed by atoms with Crippen LogP contribution in [0.15, 0.2) is 0 Å². The van der Waals surface area contributed by atoms with E-state index in [1.807, 2.05) is 13.8 Å². The molecule has 96 valence electrons. The van der Waals surface area contributed by atoms with Crippen LogP contribution in [0.5, 0.6) is 0 Å². The van der Waals surface area contributed by atoms with E-state index in [0.717, 1.165) is 12.2 Å². The van der Waals surface area contributed by atoms with Gasteiger partial charge in [-0.1, -0.05) is 16.2 Å². The van der Waals surface area contributed by atoms with Crippen LogP contribution in [-0.4, -0.2) is 40.4 Å². The average molecular weight is 266 g/mol. The van der Waals surface area contributed by atoms with Crippen molar-refractivity contribution >= 4 is 26.5 Å². The molecule has 1 N–H and O–H groups in total. The zero-order valence-electron chi connectivity index (χ0n) is 10.4. The summed E-state index contributed by atoms with van der Waals surface area (Å²) in [4.78, 5) is 10.8. The fraction of sp³-hybridized carbons (Fsp3) is 0.909. The van der Waals surface area contributed by atoms with Crippen molar-refractivity contribution in [3.05, 3.63) is 0 Å². The first kappa shape index (κ1) is 16.4. The molecule has 0 amide bonds. The summed E-state index contributed by atoms with van der Waals surface area (Å²) in [6.45, 7) is 6.95. The van der Waals surface area contributed by atoms with E-state index in [9.17, 15) is 4.79 Å². The molecule has 0 fully saturated rings. The molecule has 0 aromatic carbocycles. The molecule has 0 aromatic heterocycles. The first-order chi connectivity index (χ1) is 7.37. The van der Waals surface area contributed by atoms with Crippen LogP contribution in [0.3, 0.4) is 0 Å². The van der Waals surface area contributed by atoms with E-state index in [0.29, 0.717) is 18.3 Å². The van der Waals surface area contributed by atoms with E-state index in [2.05, 4.69) is 16.2 Å². The second-order valence-corrected chi connectivity index (χ2v) is 6.63. The van der Waals surface area contributed by atoms with Gasteiger partial charge in [-0.2, -0.15) is 11.8 Å². The van der Waals surface area contributed by atoms with Gasteiger partial charge >= 0.3 is 0 Å². The Hall–Kier alpha value is 0.370. The molecule has 0 spiro atoms. The molecule has 0 bridgehead atoms. The number of hydrogen-bond acceptors (Lipinski definition) is 4. The Kier molecular flexibility index (Phi) is 8.65. The predicted molar refractivity (Wildman–Crippen MR) is 73.0 cm³/mol. The third-order valence-corrected chi connectivity index (χ3v) is 3.59. The molecule has 5 heteroatoms. The minimum Gasteiger partial charge on any atom is -0.396 e. The van der Waals surface area contributed by atoms with Gasteiger partial charge in [0.2, 0.25) is 0 Å². The van der Waals surface area contributed by atoms with Gasteiger partial charge in [0.15, 0.2) is 0 Å². The Morgan fingerprint density at radius 3 is 2.69 bits per heavy atom. The van der Waals surface area contributed by atoms with Crippen molar-refractivity contribution in [2.45, 2.75) is 44.5 Å². The molecule has 0 aromatic rings. The van der Waals surface area contributed by atoms with Crippen LogP contribution in [-0.2, 0) is 9.53 Å². The lowest BCUT2D eigenvalue weighted by atomic mass is 10.0. The van der Waals surface area contributed by atoms with Crippen molar-refractivity contribution in [1.82, 2.24) is 0 Å². The maximum atomic E-state index is 10.8. The number of ether oxygens (including phenoxy) is 1. The minimum atomic E-state index is -0.250. The summed E-state index contributed by atoms with van der Waals surface area (Å²) >= 11 is 1.70. The van der Waals surface area contributed by atoms with Gasteiger partial charge in [0.25, 0.3) is 0 Å². The van der Waals surface area contributed by atoms with Gasteiger partial charge < -0.3 is 9.84 Å². The molecule has 0 aliphatic rings. The number of hydrogen-bond donors (Lipinski definition) is 1. The highest BCUT2D eigenvalue weighted by Gasteiger charge is 2.20. The summed E-state index contributed by atoms with van der Waals surface area (Å²) in [5.41, 5.74) is -0.125. The number of thioether (sulfide) groups is 1. The Morgan fingerprint density at radius 2 is 2.19 bits per heavy atom. The number of carbonyl (C=O) groups excluding carboxylic acids is 1. The zero-order chi connectivity index (χ0) is 12.6. The number of rotatable bonds is 9. The summed E-state index contributed by atoms with van der Waals surface area (Å²) in [5, 5.41) is 9.06. The molecule has 3 nitrogen and oxygen atoms in total. The first-order valence-corrected chi connectivity index (χ1v) is 7.15. The summed E-state index contributed by atoms with van der Waals surface area (Å²) < 4.78 is 5.77. The number of aliphatic hydroxyl groups excluding tert-OH is 1. The molecular formula is C11H23O3PS. The minimum absolute atomic E-state index is 0.124. The zero-order valence-corrected chi connectivity index (χ0v) is 12.3. The highest BCUT2D eigenvalue weighted by atomic mass is 32.2. The Labute approximate surface area is 105 Å². The molecule has 0 aliphatic heterocycles. The maximum absolute atomic E-state index is 10.8. The molecule has 0 heterocycles. The summed E-state index contributed by atoms with van der Waals surface area (Å²) in [7, 11) is 2.19. The van der Waals surface area contributed by atoms with Gasteiger partial charge in [0.05, 0.1) is 18.8 Å². The number of carbonyl (C=O) groups is 1.